The third-order valence-corrected chi connectivity index (χ3v) is 3.07. The number of aromatic nitrogens is 3. The molecule has 2 aromatic rings. The average molecular weight is 286 g/mol. The first-order valence-electron chi connectivity index (χ1n) is 7.26. The van der Waals surface area contributed by atoms with E-state index >= 15 is 0 Å². The lowest BCUT2D eigenvalue weighted by molar-refractivity contribution is 0.749. The van der Waals surface area contributed by atoms with Gasteiger partial charge in [-0.3, -0.25) is 9.98 Å². The maximum absolute atomic E-state index is 5.81. The largest absolute Gasteiger partial charge is 0.370 e. The van der Waals surface area contributed by atoms with Crippen molar-refractivity contribution in [3.63, 3.8) is 0 Å². The number of hydrogen-bond donors (Lipinski definition) is 3. The Labute approximate surface area is 124 Å². The minimum absolute atomic E-state index is 0.512. The summed E-state index contributed by atoms with van der Waals surface area (Å²) < 4.78 is 0. The molecule has 0 aliphatic rings. The highest BCUT2D eigenvalue weighted by molar-refractivity contribution is 5.77. The molecule has 2 rings (SSSR count). The molecule has 0 atom stereocenters. The Bertz CT molecular complexity index is 520. The Morgan fingerprint density at radius 2 is 2.10 bits per heavy atom. The number of guanidine groups is 1. The van der Waals surface area contributed by atoms with Gasteiger partial charge in [-0.05, 0) is 37.8 Å². The van der Waals surface area contributed by atoms with E-state index in [0.29, 0.717) is 5.96 Å². The Morgan fingerprint density at radius 3 is 2.86 bits per heavy atom. The zero-order valence-electron chi connectivity index (χ0n) is 12.1. The van der Waals surface area contributed by atoms with Gasteiger partial charge in [0.25, 0.3) is 0 Å². The van der Waals surface area contributed by atoms with Gasteiger partial charge in [0.1, 0.15) is 0 Å². The number of pyridine rings is 1. The summed E-state index contributed by atoms with van der Waals surface area (Å²) >= 11 is 0. The smallest absolute Gasteiger partial charge is 0.188 e. The van der Waals surface area contributed by atoms with Gasteiger partial charge in [-0.2, -0.15) is 0 Å². The fourth-order valence-electron chi connectivity index (χ4n) is 1.98. The van der Waals surface area contributed by atoms with E-state index in [0.717, 1.165) is 50.2 Å². The van der Waals surface area contributed by atoms with Gasteiger partial charge in [0, 0.05) is 31.2 Å². The molecule has 0 aliphatic heterocycles. The van der Waals surface area contributed by atoms with E-state index in [2.05, 4.69) is 25.3 Å². The van der Waals surface area contributed by atoms with E-state index < -0.39 is 0 Å². The van der Waals surface area contributed by atoms with E-state index in [9.17, 15) is 0 Å². The Balaban J connectivity index is 1.54. The molecular formula is C15H22N6. The third-order valence-electron chi connectivity index (χ3n) is 3.07. The predicted molar refractivity (Wildman–Crippen MR) is 84.0 cm³/mol. The van der Waals surface area contributed by atoms with Crippen LogP contribution in [-0.2, 0) is 12.8 Å². The van der Waals surface area contributed by atoms with Crippen molar-refractivity contribution in [1.82, 2.24) is 20.3 Å². The molecule has 0 aromatic carbocycles. The topological polar surface area (TPSA) is 92.0 Å². The summed E-state index contributed by atoms with van der Waals surface area (Å²) in [5, 5.41) is 3.12. The van der Waals surface area contributed by atoms with Crippen molar-refractivity contribution < 1.29 is 0 Å². The van der Waals surface area contributed by atoms with Crippen LogP contribution in [0.2, 0.25) is 0 Å². The maximum atomic E-state index is 5.81. The normalized spacial score (nSPS) is 11.5. The Morgan fingerprint density at radius 1 is 1.19 bits per heavy atom. The van der Waals surface area contributed by atoms with E-state index in [4.69, 9.17) is 5.73 Å². The zero-order valence-corrected chi connectivity index (χ0v) is 12.1. The van der Waals surface area contributed by atoms with Crippen LogP contribution < -0.4 is 11.1 Å². The lowest BCUT2D eigenvalue weighted by Gasteiger charge is -2.04. The van der Waals surface area contributed by atoms with Gasteiger partial charge < -0.3 is 16.0 Å². The molecule has 2 aromatic heterocycles. The summed E-state index contributed by atoms with van der Waals surface area (Å²) in [6.45, 7) is 1.53. The fourth-order valence-corrected chi connectivity index (χ4v) is 1.98. The summed E-state index contributed by atoms with van der Waals surface area (Å²) in [7, 11) is 0. The van der Waals surface area contributed by atoms with Gasteiger partial charge in [0.15, 0.2) is 5.96 Å². The second kappa shape index (κ2) is 8.73. The van der Waals surface area contributed by atoms with E-state index in [1.54, 1.807) is 6.33 Å². The van der Waals surface area contributed by atoms with Gasteiger partial charge in [-0.25, -0.2) is 4.98 Å². The monoisotopic (exact) mass is 286 g/mol. The summed E-state index contributed by atoms with van der Waals surface area (Å²) in [5.41, 5.74) is 7.98. The predicted octanol–water partition coefficient (Wildman–Crippen LogP) is 1.27. The zero-order chi connectivity index (χ0) is 14.8. The number of H-pyrrole nitrogens is 1. The van der Waals surface area contributed by atoms with Crippen LogP contribution in [0.25, 0.3) is 0 Å². The van der Waals surface area contributed by atoms with Gasteiger partial charge in [-0.15, -0.1) is 0 Å². The van der Waals surface area contributed by atoms with E-state index in [-0.39, 0.29) is 0 Å². The summed E-state index contributed by atoms with van der Waals surface area (Å²) in [4.78, 5) is 15.7. The van der Waals surface area contributed by atoms with Crippen molar-refractivity contribution in [2.24, 2.45) is 10.7 Å². The van der Waals surface area contributed by atoms with Crippen LogP contribution in [-0.4, -0.2) is 34.0 Å². The molecule has 0 bridgehead atoms. The van der Waals surface area contributed by atoms with Crippen LogP contribution in [0.15, 0.2) is 41.9 Å². The summed E-state index contributed by atoms with van der Waals surface area (Å²) in [5.74, 6) is 0.512. The number of nitrogens with one attached hydrogen (secondary N) is 2. The van der Waals surface area contributed by atoms with Crippen LogP contribution in [0, 0.1) is 0 Å². The molecule has 0 radical (unpaired) electrons. The molecule has 0 saturated carbocycles. The van der Waals surface area contributed by atoms with Crippen LogP contribution in [0.1, 0.15) is 24.2 Å². The molecule has 0 fully saturated rings. The Hall–Kier alpha value is -2.37. The van der Waals surface area contributed by atoms with Crippen LogP contribution >= 0.6 is 0 Å². The van der Waals surface area contributed by atoms with E-state index in [1.807, 2.05) is 30.6 Å². The van der Waals surface area contributed by atoms with Crippen LogP contribution in [0.3, 0.4) is 0 Å². The number of aryl methyl sites for hydroxylation is 2. The first-order valence-corrected chi connectivity index (χ1v) is 7.26. The van der Waals surface area contributed by atoms with Crippen molar-refractivity contribution in [2.75, 3.05) is 13.1 Å². The molecule has 6 nitrogen and oxygen atoms in total. The third kappa shape index (κ3) is 6.07. The number of hydrogen-bond acceptors (Lipinski definition) is 3. The minimum Gasteiger partial charge on any atom is -0.370 e. The summed E-state index contributed by atoms with van der Waals surface area (Å²) in [6.07, 6.45) is 9.21. The molecule has 0 saturated heterocycles. The maximum Gasteiger partial charge on any atom is 0.188 e. The molecule has 0 spiro atoms. The van der Waals surface area contributed by atoms with Crippen molar-refractivity contribution in [1.29, 1.82) is 0 Å². The van der Waals surface area contributed by atoms with Gasteiger partial charge in [-0.1, -0.05) is 6.07 Å². The SMILES string of the molecule is NC(=NCCCc1ccccn1)NCCCc1c[nH]cn1. The summed E-state index contributed by atoms with van der Waals surface area (Å²) in [6, 6.07) is 5.95. The lowest BCUT2D eigenvalue weighted by Crippen LogP contribution is -2.32. The highest BCUT2D eigenvalue weighted by Crippen LogP contribution is 1.98. The van der Waals surface area contributed by atoms with Crippen molar-refractivity contribution in [2.45, 2.75) is 25.7 Å². The Kier molecular flexibility index (Phi) is 6.25. The molecule has 21 heavy (non-hydrogen) atoms. The van der Waals surface area contributed by atoms with Crippen molar-refractivity contribution >= 4 is 5.96 Å². The average Bonchev–Trinajstić information content (AvgIpc) is 3.02. The number of nitrogens with two attached hydrogens (primary N) is 1. The van der Waals surface area contributed by atoms with Crippen LogP contribution in [0.5, 0.6) is 0 Å². The highest BCUT2D eigenvalue weighted by atomic mass is 15.1. The molecule has 4 N–H and O–H groups in total. The molecule has 0 aliphatic carbocycles. The quantitative estimate of drug-likeness (QED) is 0.387. The van der Waals surface area contributed by atoms with Gasteiger partial charge >= 0.3 is 0 Å². The minimum atomic E-state index is 0.512. The second-order valence-corrected chi connectivity index (χ2v) is 4.78. The van der Waals surface area contributed by atoms with Crippen molar-refractivity contribution in [3.8, 4) is 0 Å². The number of rotatable bonds is 8. The first-order chi connectivity index (χ1) is 10.3. The number of aliphatic imine (C=N–C) groups is 1. The molecule has 0 unspecified atom stereocenters. The molecule has 2 heterocycles. The number of aromatic amines is 1. The van der Waals surface area contributed by atoms with E-state index in [1.165, 1.54) is 0 Å². The lowest BCUT2D eigenvalue weighted by atomic mass is 10.2. The molecule has 6 heteroatoms. The highest BCUT2D eigenvalue weighted by Gasteiger charge is 1.96. The van der Waals surface area contributed by atoms with Crippen LogP contribution in [0.4, 0.5) is 0 Å². The van der Waals surface area contributed by atoms with Gasteiger partial charge in [0.2, 0.25) is 0 Å². The number of imidazole rings is 1. The molecular weight excluding hydrogens is 264 g/mol. The fraction of sp³-hybridized carbons (Fsp3) is 0.400. The molecule has 0 amide bonds. The number of nitrogens with zero attached hydrogens (tertiary/aromatic N) is 3. The first kappa shape index (κ1) is 15.0. The molecule has 112 valence electrons. The second-order valence-electron chi connectivity index (χ2n) is 4.78. The van der Waals surface area contributed by atoms with Crippen molar-refractivity contribution in [3.05, 3.63) is 48.3 Å². The van der Waals surface area contributed by atoms with Gasteiger partial charge in [0.05, 0.1) is 12.0 Å². The standard InChI is InChI=1S/C15H22N6/c16-15(20-10-4-7-14-11-17-12-21-14)19-9-3-6-13-5-1-2-8-18-13/h1-2,5,8,11-12H,3-4,6-7,9-10H2,(H,17,21)(H3,16,19,20).